The number of benzene rings is 2. The molecule has 6 heteroatoms. The zero-order valence-electron chi connectivity index (χ0n) is 19.6. The van der Waals surface area contributed by atoms with Crippen LogP contribution >= 0.6 is 0 Å². The predicted octanol–water partition coefficient (Wildman–Crippen LogP) is 4.36. The van der Waals surface area contributed by atoms with Crippen LogP contribution in [0.25, 0.3) is 11.1 Å². The monoisotopic (exact) mass is 444 g/mol. The summed E-state index contributed by atoms with van der Waals surface area (Å²) in [5, 5.41) is 7.22. The van der Waals surface area contributed by atoms with Crippen molar-refractivity contribution >= 4 is 11.8 Å². The molecule has 1 N–H and O–H groups in total. The maximum Gasteiger partial charge on any atom is 0.274 e. The number of amides is 2. The van der Waals surface area contributed by atoms with E-state index < -0.39 is 0 Å². The van der Waals surface area contributed by atoms with Crippen LogP contribution in [0.2, 0.25) is 0 Å². The Labute approximate surface area is 195 Å². The Morgan fingerprint density at radius 2 is 1.82 bits per heavy atom. The van der Waals surface area contributed by atoms with Crippen molar-refractivity contribution in [2.45, 2.75) is 33.1 Å². The summed E-state index contributed by atoms with van der Waals surface area (Å²) in [6, 6.07) is 20.3. The first-order valence-electron chi connectivity index (χ1n) is 11.7. The molecule has 0 unspecified atom stereocenters. The fraction of sp³-hybridized carbons (Fsp3) is 0.370. The largest absolute Gasteiger partial charge is 0.341 e. The van der Waals surface area contributed by atoms with Gasteiger partial charge >= 0.3 is 0 Å². The summed E-state index contributed by atoms with van der Waals surface area (Å²) in [5.74, 6) is -0.0434. The highest BCUT2D eigenvalue weighted by atomic mass is 16.2. The number of hydrogen-bond acceptors (Lipinski definition) is 3. The van der Waals surface area contributed by atoms with E-state index in [0.29, 0.717) is 38.3 Å². The van der Waals surface area contributed by atoms with Crippen molar-refractivity contribution in [3.8, 4) is 11.1 Å². The standard InChI is InChI=1S/C27H32N4O2/c1-4-30-14-15-31(27(33)25-17-24(19(2)3)28-29-25)18-22(26(30)32)16-21-12-8-9-13-23(21)20-10-6-5-7-11-20/h5-13,17,19,22H,4,14-16,18H2,1-3H3,(H,28,29)/t22-/m1/s1. The number of carbonyl (C=O) groups is 2. The molecule has 1 aromatic heterocycles. The number of likely N-dealkylation sites (N-methyl/N-ethyl adjacent to an activating group) is 1. The summed E-state index contributed by atoms with van der Waals surface area (Å²) in [4.78, 5) is 30.3. The van der Waals surface area contributed by atoms with Crippen LogP contribution in [0.3, 0.4) is 0 Å². The first-order chi connectivity index (χ1) is 16.0. The van der Waals surface area contributed by atoms with E-state index in [4.69, 9.17) is 0 Å². The molecule has 33 heavy (non-hydrogen) atoms. The molecule has 2 aromatic carbocycles. The molecule has 3 aromatic rings. The second kappa shape index (κ2) is 10.0. The molecule has 2 heterocycles. The van der Waals surface area contributed by atoms with Crippen LogP contribution in [0.5, 0.6) is 0 Å². The van der Waals surface area contributed by atoms with Gasteiger partial charge in [0.25, 0.3) is 5.91 Å². The molecule has 0 bridgehead atoms. The van der Waals surface area contributed by atoms with E-state index in [1.165, 1.54) is 0 Å². The molecular formula is C27H32N4O2. The zero-order chi connectivity index (χ0) is 23.4. The van der Waals surface area contributed by atoms with Crippen molar-refractivity contribution in [1.82, 2.24) is 20.0 Å². The first kappa shape index (κ1) is 22.8. The minimum atomic E-state index is -0.301. The molecular weight excluding hydrogens is 412 g/mol. The zero-order valence-corrected chi connectivity index (χ0v) is 19.6. The fourth-order valence-corrected chi connectivity index (χ4v) is 4.46. The average molecular weight is 445 g/mol. The molecule has 1 fully saturated rings. The van der Waals surface area contributed by atoms with Crippen molar-refractivity contribution in [2.75, 3.05) is 26.2 Å². The van der Waals surface area contributed by atoms with Gasteiger partial charge in [0.05, 0.1) is 5.92 Å². The van der Waals surface area contributed by atoms with Gasteiger partial charge < -0.3 is 9.80 Å². The molecule has 4 rings (SSSR count). The molecule has 0 aliphatic carbocycles. The van der Waals surface area contributed by atoms with Gasteiger partial charge in [-0.1, -0.05) is 68.4 Å². The highest BCUT2D eigenvalue weighted by molar-refractivity contribution is 5.93. The smallest absolute Gasteiger partial charge is 0.274 e. The first-order valence-corrected chi connectivity index (χ1v) is 11.7. The third-order valence-corrected chi connectivity index (χ3v) is 6.42. The highest BCUT2D eigenvalue weighted by Crippen LogP contribution is 2.27. The van der Waals surface area contributed by atoms with Gasteiger partial charge in [-0.25, -0.2) is 0 Å². The summed E-state index contributed by atoms with van der Waals surface area (Å²) in [7, 11) is 0. The lowest BCUT2D eigenvalue weighted by Crippen LogP contribution is -2.38. The third kappa shape index (κ3) is 5.00. The number of nitrogens with one attached hydrogen (secondary N) is 1. The van der Waals surface area contributed by atoms with Crippen LogP contribution < -0.4 is 0 Å². The van der Waals surface area contributed by atoms with Crippen LogP contribution in [-0.2, 0) is 11.2 Å². The second-order valence-corrected chi connectivity index (χ2v) is 8.96. The minimum absolute atomic E-state index is 0.112. The number of carbonyl (C=O) groups excluding carboxylic acids is 2. The number of H-pyrrole nitrogens is 1. The van der Waals surface area contributed by atoms with Gasteiger partial charge in [-0.15, -0.1) is 0 Å². The Kier molecular flexibility index (Phi) is 6.92. The van der Waals surface area contributed by atoms with Crippen LogP contribution in [0.4, 0.5) is 0 Å². The molecule has 1 aliphatic heterocycles. The summed E-state index contributed by atoms with van der Waals surface area (Å²) in [6.07, 6.45) is 0.585. The molecule has 0 spiro atoms. The van der Waals surface area contributed by atoms with Crippen molar-refractivity contribution in [3.63, 3.8) is 0 Å². The van der Waals surface area contributed by atoms with Crippen molar-refractivity contribution < 1.29 is 9.59 Å². The average Bonchev–Trinajstić information content (AvgIpc) is 3.28. The maximum atomic E-state index is 13.4. The van der Waals surface area contributed by atoms with Gasteiger partial charge in [0.1, 0.15) is 5.69 Å². The number of hydrogen-bond donors (Lipinski definition) is 1. The summed E-state index contributed by atoms with van der Waals surface area (Å²) in [6.45, 7) is 8.20. The molecule has 6 nitrogen and oxygen atoms in total. The summed E-state index contributed by atoms with van der Waals surface area (Å²) in [5.41, 5.74) is 4.73. The summed E-state index contributed by atoms with van der Waals surface area (Å²) >= 11 is 0. The van der Waals surface area contributed by atoms with Crippen LogP contribution in [0, 0.1) is 5.92 Å². The van der Waals surface area contributed by atoms with E-state index in [0.717, 1.165) is 22.4 Å². The Hall–Kier alpha value is -3.41. The van der Waals surface area contributed by atoms with Gasteiger partial charge in [0, 0.05) is 31.9 Å². The molecule has 1 saturated heterocycles. The molecule has 0 radical (unpaired) electrons. The third-order valence-electron chi connectivity index (χ3n) is 6.42. The van der Waals surface area contributed by atoms with E-state index in [9.17, 15) is 9.59 Å². The van der Waals surface area contributed by atoms with E-state index in [1.54, 1.807) is 4.90 Å². The maximum absolute atomic E-state index is 13.4. The van der Waals surface area contributed by atoms with Crippen LogP contribution in [-0.4, -0.2) is 58.0 Å². The van der Waals surface area contributed by atoms with Crippen molar-refractivity contribution in [2.24, 2.45) is 5.92 Å². The normalized spacial score (nSPS) is 16.8. The van der Waals surface area contributed by atoms with E-state index >= 15 is 0 Å². The molecule has 1 atom stereocenters. The Morgan fingerprint density at radius 3 is 2.52 bits per heavy atom. The van der Waals surface area contributed by atoms with Crippen molar-refractivity contribution in [1.29, 1.82) is 0 Å². The number of nitrogens with zero attached hydrogens (tertiary/aromatic N) is 3. The van der Waals surface area contributed by atoms with Gasteiger partial charge in [0.2, 0.25) is 5.91 Å². The van der Waals surface area contributed by atoms with E-state index in [1.807, 2.05) is 48.2 Å². The number of aromatic amines is 1. The van der Waals surface area contributed by atoms with Gasteiger partial charge in [-0.05, 0) is 42.0 Å². The topological polar surface area (TPSA) is 69.3 Å². The van der Waals surface area contributed by atoms with E-state index in [2.05, 4.69) is 48.3 Å². The molecule has 1 aliphatic rings. The number of rotatable bonds is 6. The van der Waals surface area contributed by atoms with E-state index in [-0.39, 0.29) is 23.7 Å². The van der Waals surface area contributed by atoms with Gasteiger partial charge in [-0.3, -0.25) is 14.7 Å². The predicted molar refractivity (Wildman–Crippen MR) is 130 cm³/mol. The highest BCUT2D eigenvalue weighted by Gasteiger charge is 2.33. The number of aromatic nitrogens is 2. The van der Waals surface area contributed by atoms with Gasteiger partial charge in [0.15, 0.2) is 0 Å². The SMILES string of the molecule is CCN1CCN(C(=O)c2cc(C(C)C)[nH]n2)C[C@@H](Cc2ccccc2-c2ccccc2)C1=O. The molecule has 172 valence electrons. The Morgan fingerprint density at radius 1 is 1.09 bits per heavy atom. The van der Waals surface area contributed by atoms with Crippen LogP contribution in [0.1, 0.15) is 48.4 Å². The van der Waals surface area contributed by atoms with Crippen LogP contribution in [0.15, 0.2) is 60.7 Å². The minimum Gasteiger partial charge on any atom is -0.341 e. The van der Waals surface area contributed by atoms with Crippen molar-refractivity contribution in [3.05, 3.63) is 77.6 Å². The Balaban J connectivity index is 1.61. The lowest BCUT2D eigenvalue weighted by atomic mass is 9.91. The molecule has 2 amide bonds. The Bertz CT molecular complexity index is 1110. The molecule has 0 saturated carbocycles. The summed E-state index contributed by atoms with van der Waals surface area (Å²) < 4.78 is 0. The van der Waals surface area contributed by atoms with Gasteiger partial charge in [-0.2, -0.15) is 5.10 Å². The lowest BCUT2D eigenvalue weighted by Gasteiger charge is -2.24. The lowest BCUT2D eigenvalue weighted by molar-refractivity contribution is -0.134. The quantitative estimate of drug-likeness (QED) is 0.614. The second-order valence-electron chi connectivity index (χ2n) is 8.96. The fourth-order valence-electron chi connectivity index (χ4n) is 4.46.